The van der Waals surface area contributed by atoms with Crippen LogP contribution in [0.3, 0.4) is 0 Å². The molecule has 0 bridgehead atoms. The summed E-state index contributed by atoms with van der Waals surface area (Å²) in [6, 6.07) is 3.84. The van der Waals surface area contributed by atoms with Crippen LogP contribution in [-0.2, 0) is 11.3 Å². The number of amides is 2. The Morgan fingerprint density at radius 3 is 2.65 bits per heavy atom. The number of aliphatic hydroxyl groups excluding tert-OH is 2. The highest BCUT2D eigenvalue weighted by molar-refractivity contribution is 5.99. The van der Waals surface area contributed by atoms with Gasteiger partial charge >= 0.3 is 0 Å². The molecule has 1 atom stereocenters. The quantitative estimate of drug-likeness (QED) is 0.610. The van der Waals surface area contributed by atoms with Gasteiger partial charge in [0.15, 0.2) is 11.2 Å². The number of rotatable bonds is 7. The Bertz CT molecular complexity index is 889. The van der Waals surface area contributed by atoms with Gasteiger partial charge in [-0.05, 0) is 49.9 Å². The maximum Gasteiger partial charge on any atom is 0.280 e. The van der Waals surface area contributed by atoms with E-state index in [2.05, 4.69) is 15.3 Å². The molecule has 8 heteroatoms. The zero-order valence-corrected chi connectivity index (χ0v) is 15.2. The van der Waals surface area contributed by atoms with Gasteiger partial charge in [-0.2, -0.15) is 0 Å². The Morgan fingerprint density at radius 1 is 1.35 bits per heavy atom. The van der Waals surface area contributed by atoms with Crippen molar-refractivity contribution in [1.82, 2.24) is 14.9 Å². The molecule has 0 aliphatic heterocycles. The van der Waals surface area contributed by atoms with Gasteiger partial charge in [0, 0.05) is 20.2 Å². The molecule has 1 unspecified atom stereocenters. The van der Waals surface area contributed by atoms with Gasteiger partial charge < -0.3 is 14.8 Å². The van der Waals surface area contributed by atoms with Gasteiger partial charge in [0.05, 0.1) is 17.1 Å². The zero-order valence-electron chi connectivity index (χ0n) is 15.2. The Morgan fingerprint density at radius 2 is 2.04 bits per heavy atom. The molecule has 0 aliphatic rings. The summed E-state index contributed by atoms with van der Waals surface area (Å²) in [5.74, 6) is -0.634. The van der Waals surface area contributed by atoms with Crippen LogP contribution in [0, 0.1) is 13.8 Å². The number of aryl methyl sites for hydroxylation is 3. The van der Waals surface area contributed by atoms with Crippen molar-refractivity contribution in [3.8, 4) is 0 Å². The fourth-order valence-electron chi connectivity index (χ4n) is 2.80. The van der Waals surface area contributed by atoms with Crippen LogP contribution in [0.25, 0.3) is 11.0 Å². The molecule has 2 rings (SSSR count). The molecule has 8 nitrogen and oxygen atoms in total. The number of carbonyl (C=O) groups is 2. The van der Waals surface area contributed by atoms with E-state index in [4.69, 9.17) is 5.11 Å². The molecule has 1 aromatic carbocycles. The first-order valence-corrected chi connectivity index (χ1v) is 8.41. The Labute approximate surface area is 151 Å². The summed E-state index contributed by atoms with van der Waals surface area (Å²) in [4.78, 5) is 31.5. The lowest BCUT2D eigenvalue weighted by Gasteiger charge is -2.17. The van der Waals surface area contributed by atoms with E-state index < -0.39 is 12.0 Å². The number of hydrogen-bond donors (Lipinski definition) is 3. The molecule has 140 valence electrons. The standard InChI is InChI=1S/C18H24N4O4/c1-11-8-14-15(9-12(11)2)22(6-4-13(25)5-7-23)17(19-3)16(21-14)18(26)20-10-24/h8-10,13,23,25H,4-7H2,1-3H3,(H,20,24,26)/b19-17+. The number of imide groups is 1. The van der Waals surface area contributed by atoms with E-state index in [1.807, 2.05) is 30.5 Å². The minimum atomic E-state index is -0.667. The molecule has 1 heterocycles. The molecule has 0 saturated carbocycles. The Hall–Kier alpha value is -2.58. The summed E-state index contributed by atoms with van der Waals surface area (Å²) in [6.07, 6.45) is 0.302. The normalized spacial score (nSPS) is 13.0. The number of aromatic nitrogens is 2. The Balaban J connectivity index is 2.68. The summed E-state index contributed by atoms with van der Waals surface area (Å²) < 4.78 is 1.81. The van der Waals surface area contributed by atoms with Crippen molar-refractivity contribution >= 4 is 23.4 Å². The molecule has 0 spiro atoms. The fraction of sp³-hybridized carbons (Fsp3) is 0.444. The molecule has 3 N–H and O–H groups in total. The second kappa shape index (κ2) is 8.68. The molecule has 1 aromatic heterocycles. The first-order chi connectivity index (χ1) is 12.4. The van der Waals surface area contributed by atoms with E-state index in [9.17, 15) is 14.7 Å². The number of aliphatic hydroxyl groups is 2. The van der Waals surface area contributed by atoms with Crippen LogP contribution in [0.1, 0.15) is 34.5 Å². The topological polar surface area (TPSA) is 117 Å². The van der Waals surface area contributed by atoms with Gasteiger partial charge in [-0.15, -0.1) is 0 Å². The van der Waals surface area contributed by atoms with Gasteiger partial charge in [-0.1, -0.05) is 0 Å². The predicted octanol–water partition coefficient (Wildman–Crippen LogP) is 0.203. The summed E-state index contributed by atoms with van der Waals surface area (Å²) in [6.45, 7) is 4.22. The van der Waals surface area contributed by atoms with E-state index in [-0.39, 0.29) is 18.7 Å². The molecule has 2 amide bonds. The highest BCUT2D eigenvalue weighted by atomic mass is 16.3. The van der Waals surface area contributed by atoms with Crippen LogP contribution in [0.2, 0.25) is 0 Å². The average molecular weight is 360 g/mol. The van der Waals surface area contributed by atoms with Gasteiger partial charge in [0.25, 0.3) is 5.91 Å². The third-order valence-corrected chi connectivity index (χ3v) is 4.35. The summed E-state index contributed by atoms with van der Waals surface area (Å²) in [5.41, 5.74) is 3.86. The van der Waals surface area contributed by atoms with E-state index in [1.165, 1.54) is 0 Å². The van der Waals surface area contributed by atoms with Crippen LogP contribution in [0.15, 0.2) is 17.1 Å². The highest BCUT2D eigenvalue weighted by Gasteiger charge is 2.17. The van der Waals surface area contributed by atoms with Gasteiger partial charge in [0.1, 0.15) is 0 Å². The summed E-state index contributed by atoms with van der Waals surface area (Å²) in [5, 5.41) is 21.0. The van der Waals surface area contributed by atoms with Gasteiger partial charge in [-0.25, -0.2) is 4.98 Å². The van der Waals surface area contributed by atoms with Crippen LogP contribution >= 0.6 is 0 Å². The zero-order chi connectivity index (χ0) is 19.3. The maximum absolute atomic E-state index is 12.3. The SMILES string of the molecule is C/N=c1\c(C(=O)NC=O)nc2cc(C)c(C)cc2n1CCC(O)CCO. The summed E-state index contributed by atoms with van der Waals surface area (Å²) in [7, 11) is 1.54. The molecule has 0 fully saturated rings. The molecule has 2 aromatic rings. The van der Waals surface area contributed by atoms with Crippen LogP contribution in [0.5, 0.6) is 0 Å². The number of fused-ring (bicyclic) bond motifs is 1. The monoisotopic (exact) mass is 360 g/mol. The van der Waals surface area contributed by atoms with Crippen LogP contribution in [0.4, 0.5) is 0 Å². The largest absolute Gasteiger partial charge is 0.396 e. The molecule has 0 radical (unpaired) electrons. The van der Waals surface area contributed by atoms with Gasteiger partial charge in [-0.3, -0.25) is 19.9 Å². The molecular weight excluding hydrogens is 336 g/mol. The van der Waals surface area contributed by atoms with Crippen LogP contribution in [-0.4, -0.2) is 51.8 Å². The number of benzene rings is 1. The molecular formula is C18H24N4O4. The molecule has 0 aliphatic carbocycles. The molecule has 26 heavy (non-hydrogen) atoms. The van der Waals surface area contributed by atoms with E-state index in [0.717, 1.165) is 16.6 Å². The van der Waals surface area contributed by atoms with Crippen molar-refractivity contribution in [2.45, 2.75) is 39.3 Å². The number of carbonyl (C=O) groups excluding carboxylic acids is 2. The minimum absolute atomic E-state index is 0.0481. The number of nitrogens with zero attached hydrogens (tertiary/aromatic N) is 3. The number of nitrogens with one attached hydrogen (secondary N) is 1. The van der Waals surface area contributed by atoms with Crippen molar-refractivity contribution in [1.29, 1.82) is 0 Å². The maximum atomic E-state index is 12.3. The molecule has 0 saturated heterocycles. The van der Waals surface area contributed by atoms with E-state index in [1.54, 1.807) is 7.05 Å². The summed E-state index contributed by atoms with van der Waals surface area (Å²) >= 11 is 0. The fourth-order valence-corrected chi connectivity index (χ4v) is 2.80. The van der Waals surface area contributed by atoms with Crippen molar-refractivity contribution < 1.29 is 19.8 Å². The van der Waals surface area contributed by atoms with Crippen molar-refractivity contribution in [3.63, 3.8) is 0 Å². The highest BCUT2D eigenvalue weighted by Crippen LogP contribution is 2.18. The van der Waals surface area contributed by atoms with Crippen molar-refractivity contribution in [2.24, 2.45) is 4.99 Å². The predicted molar refractivity (Wildman–Crippen MR) is 96.6 cm³/mol. The van der Waals surface area contributed by atoms with Crippen molar-refractivity contribution in [3.05, 3.63) is 34.4 Å². The van der Waals surface area contributed by atoms with Gasteiger partial charge in [0.2, 0.25) is 6.41 Å². The first-order valence-electron chi connectivity index (χ1n) is 8.41. The van der Waals surface area contributed by atoms with E-state index in [0.29, 0.717) is 30.4 Å². The lowest BCUT2D eigenvalue weighted by Crippen LogP contribution is -2.35. The lowest BCUT2D eigenvalue weighted by molar-refractivity contribution is -0.108. The van der Waals surface area contributed by atoms with Crippen molar-refractivity contribution in [2.75, 3.05) is 13.7 Å². The smallest absolute Gasteiger partial charge is 0.280 e. The van der Waals surface area contributed by atoms with Crippen LogP contribution < -0.4 is 10.8 Å². The third-order valence-electron chi connectivity index (χ3n) is 4.35. The average Bonchev–Trinajstić information content (AvgIpc) is 2.60. The minimum Gasteiger partial charge on any atom is -0.396 e. The second-order valence-electron chi connectivity index (χ2n) is 6.13. The second-order valence-corrected chi connectivity index (χ2v) is 6.13. The third kappa shape index (κ3) is 4.14. The van der Waals surface area contributed by atoms with E-state index >= 15 is 0 Å². The first kappa shape index (κ1) is 19.7. The Kier molecular flexibility index (Phi) is 6.59. The number of hydrogen-bond acceptors (Lipinski definition) is 6. The lowest BCUT2D eigenvalue weighted by atomic mass is 10.1.